The van der Waals surface area contributed by atoms with Crippen LogP contribution in [0.15, 0.2) is 0 Å². The van der Waals surface area contributed by atoms with Crippen molar-refractivity contribution in [2.24, 2.45) is 0 Å². The molecular weight excluding hydrogens is 912 g/mol. The molecule has 0 fully saturated rings. The van der Waals surface area contributed by atoms with Crippen LogP contribution in [0, 0.1) is 0 Å². The average Bonchev–Trinajstić information content (AvgIpc) is 3.34. The number of hydrogen-bond donors (Lipinski definition) is 11. The van der Waals surface area contributed by atoms with Crippen molar-refractivity contribution < 1.29 is 113 Å². The van der Waals surface area contributed by atoms with Gasteiger partial charge in [-0.25, -0.2) is 0 Å². The fraction of sp³-hybridized carbons (Fsp3) is 0.977. The largest absolute Gasteiger partial charge is 0.394 e. The van der Waals surface area contributed by atoms with E-state index in [4.69, 9.17) is 67.1 Å². The molecule has 0 bridgehead atoms. The molecule has 0 aromatic rings. The van der Waals surface area contributed by atoms with Gasteiger partial charge < -0.3 is 113 Å². The van der Waals surface area contributed by atoms with E-state index in [-0.39, 0.29) is 32.3 Å². The summed E-state index contributed by atoms with van der Waals surface area (Å²) < 4.78 is 65.6. The Morgan fingerprint density at radius 3 is 0.912 bits per heavy atom. The fourth-order valence-corrected chi connectivity index (χ4v) is 5.50. The van der Waals surface area contributed by atoms with Crippen LogP contribution in [0.1, 0.15) is 26.2 Å². The standard InChI is InChI=1S/C43H88N2O23/c1-2-3-5-44-39(52)4-7-57-9-11-59-13-15-61-17-19-63-21-23-65-25-27-67-29-30-68-28-26-66-24-22-64-20-18-62-16-14-60-12-10-58-8-6-45(31-35(48)40(53)42(55)37(50)33-46)32-36(49)41(54)43(56)38(51)34-47/h35-38,40-43,46-51,53-56H,2-34H2,1H3,(H,44,52)/t35-,36-,37+,38+,40+,41+,42+,43+/m0/s1. The molecule has 408 valence electrons. The number of carbonyl (C=O) groups is 1. The molecule has 0 aromatic carbocycles. The average molecular weight is 1000 g/mol. The predicted molar refractivity (Wildman–Crippen MR) is 241 cm³/mol. The molecule has 0 aliphatic carbocycles. The minimum atomic E-state index is -1.88. The second kappa shape index (κ2) is 49.1. The quantitative estimate of drug-likeness (QED) is 0.0254. The van der Waals surface area contributed by atoms with Crippen LogP contribution in [0.5, 0.6) is 0 Å². The van der Waals surface area contributed by atoms with E-state index in [0.717, 1.165) is 12.8 Å². The van der Waals surface area contributed by atoms with Crippen molar-refractivity contribution in [2.75, 3.05) is 198 Å². The van der Waals surface area contributed by atoms with Crippen molar-refractivity contribution in [3.05, 3.63) is 0 Å². The van der Waals surface area contributed by atoms with Crippen LogP contribution in [-0.2, 0) is 61.6 Å². The highest BCUT2D eigenvalue weighted by Crippen LogP contribution is 2.11. The molecule has 1 amide bonds. The summed E-state index contributed by atoms with van der Waals surface area (Å²) in [6.07, 6.45) is -11.9. The number of rotatable bonds is 54. The summed E-state index contributed by atoms with van der Waals surface area (Å²) in [5, 5.41) is 101. The number of aliphatic hydroxyl groups is 10. The number of hydrogen-bond acceptors (Lipinski definition) is 24. The molecule has 0 unspecified atom stereocenters. The van der Waals surface area contributed by atoms with Crippen LogP contribution in [-0.4, -0.2) is 309 Å². The molecule has 25 heteroatoms. The number of nitrogens with zero attached hydrogens (tertiary/aromatic N) is 1. The van der Waals surface area contributed by atoms with E-state index in [2.05, 4.69) is 12.2 Å². The number of amides is 1. The molecule has 0 saturated carbocycles. The molecule has 0 rings (SSSR count). The lowest BCUT2D eigenvalue weighted by Crippen LogP contribution is -2.53. The number of aliphatic hydroxyl groups excluding tert-OH is 10. The molecule has 0 heterocycles. The lowest BCUT2D eigenvalue weighted by Gasteiger charge is -2.33. The fourth-order valence-electron chi connectivity index (χ4n) is 5.50. The van der Waals surface area contributed by atoms with Gasteiger partial charge >= 0.3 is 0 Å². The Bertz CT molecular complexity index is 1040. The molecule has 0 spiro atoms. The Hall–Kier alpha value is -1.45. The topological polar surface area (TPSA) is 345 Å². The Morgan fingerprint density at radius 1 is 0.397 bits per heavy atom. The van der Waals surface area contributed by atoms with Gasteiger partial charge in [-0.3, -0.25) is 9.69 Å². The zero-order valence-electron chi connectivity index (χ0n) is 40.2. The van der Waals surface area contributed by atoms with Crippen LogP contribution < -0.4 is 5.32 Å². The molecule has 0 aliphatic rings. The molecule has 11 N–H and O–H groups in total. The van der Waals surface area contributed by atoms with E-state index >= 15 is 0 Å². The first-order chi connectivity index (χ1) is 33.0. The van der Waals surface area contributed by atoms with E-state index < -0.39 is 75.1 Å². The van der Waals surface area contributed by atoms with E-state index in [1.807, 2.05) is 0 Å². The van der Waals surface area contributed by atoms with Gasteiger partial charge in [0, 0.05) is 32.6 Å². The lowest BCUT2D eigenvalue weighted by molar-refractivity contribution is -0.131. The summed E-state index contributed by atoms with van der Waals surface area (Å²) in [4.78, 5) is 12.9. The second-order valence-electron chi connectivity index (χ2n) is 15.2. The smallest absolute Gasteiger partial charge is 0.222 e. The Labute approximate surface area is 401 Å². The highest BCUT2D eigenvalue weighted by Gasteiger charge is 2.34. The molecule has 0 aromatic heterocycles. The van der Waals surface area contributed by atoms with Gasteiger partial charge in [0.1, 0.15) is 36.6 Å². The van der Waals surface area contributed by atoms with E-state index in [1.165, 1.54) is 4.90 Å². The van der Waals surface area contributed by atoms with Crippen molar-refractivity contribution in [3.63, 3.8) is 0 Å². The van der Waals surface area contributed by atoms with Gasteiger partial charge in [-0.1, -0.05) is 13.3 Å². The number of unbranched alkanes of at least 4 members (excludes halogenated alkanes) is 1. The maximum absolute atomic E-state index is 11.6. The third-order valence-corrected chi connectivity index (χ3v) is 9.51. The summed E-state index contributed by atoms with van der Waals surface area (Å²) in [7, 11) is 0. The normalized spacial score (nSPS) is 15.6. The molecular formula is C43H88N2O23. The first-order valence-corrected chi connectivity index (χ1v) is 23.6. The second-order valence-corrected chi connectivity index (χ2v) is 15.2. The van der Waals surface area contributed by atoms with Gasteiger partial charge in [-0.15, -0.1) is 0 Å². The number of nitrogens with one attached hydrogen (secondary N) is 1. The Kier molecular flexibility index (Phi) is 48.1. The van der Waals surface area contributed by atoms with Gasteiger partial charge in [0.15, 0.2) is 0 Å². The van der Waals surface area contributed by atoms with Crippen molar-refractivity contribution in [3.8, 4) is 0 Å². The van der Waals surface area contributed by atoms with E-state index in [0.29, 0.717) is 152 Å². The maximum atomic E-state index is 11.6. The summed E-state index contributed by atoms with van der Waals surface area (Å²) in [5.41, 5.74) is 0. The van der Waals surface area contributed by atoms with Crippen LogP contribution in [0.4, 0.5) is 0 Å². The summed E-state index contributed by atoms with van der Waals surface area (Å²) in [6, 6.07) is 0. The SMILES string of the molecule is CCCCNC(=O)CCOCCOCCOCCOCCOCCOCCOCCOCCOCCOCCOCCOCCN(C[C@H](O)[C@@H](O)[C@H](O)[C@H](O)CO)C[C@H](O)[C@@H](O)[C@H](O)[C@H](O)CO. The van der Waals surface area contributed by atoms with Crippen LogP contribution in [0.2, 0.25) is 0 Å². The van der Waals surface area contributed by atoms with Gasteiger partial charge in [-0.2, -0.15) is 0 Å². The number of carbonyl (C=O) groups excluding carboxylic acids is 1. The molecule has 0 saturated heterocycles. The van der Waals surface area contributed by atoms with Crippen LogP contribution in [0.3, 0.4) is 0 Å². The molecule has 8 atom stereocenters. The van der Waals surface area contributed by atoms with Gasteiger partial charge in [0.25, 0.3) is 0 Å². The zero-order valence-corrected chi connectivity index (χ0v) is 40.2. The van der Waals surface area contributed by atoms with Crippen molar-refractivity contribution in [1.82, 2.24) is 10.2 Å². The van der Waals surface area contributed by atoms with Crippen LogP contribution >= 0.6 is 0 Å². The molecule has 0 aliphatic heterocycles. The highest BCUT2D eigenvalue weighted by molar-refractivity contribution is 5.75. The minimum absolute atomic E-state index is 0.00855. The van der Waals surface area contributed by atoms with Gasteiger partial charge in [0.05, 0.1) is 184 Å². The van der Waals surface area contributed by atoms with E-state index in [1.54, 1.807) is 0 Å². The van der Waals surface area contributed by atoms with Gasteiger partial charge in [0.2, 0.25) is 5.91 Å². The minimum Gasteiger partial charge on any atom is -0.394 e. The van der Waals surface area contributed by atoms with Crippen molar-refractivity contribution in [1.29, 1.82) is 0 Å². The molecule has 68 heavy (non-hydrogen) atoms. The summed E-state index contributed by atoms with van der Waals surface area (Å²) >= 11 is 0. The first kappa shape index (κ1) is 66.6. The highest BCUT2D eigenvalue weighted by atomic mass is 16.6. The van der Waals surface area contributed by atoms with Gasteiger partial charge in [-0.05, 0) is 6.42 Å². The van der Waals surface area contributed by atoms with Crippen LogP contribution in [0.25, 0.3) is 0 Å². The summed E-state index contributed by atoms with van der Waals surface area (Å²) in [6.45, 7) is 9.54. The third-order valence-electron chi connectivity index (χ3n) is 9.51. The third kappa shape index (κ3) is 40.2. The van der Waals surface area contributed by atoms with Crippen molar-refractivity contribution in [2.45, 2.75) is 75.0 Å². The number of ether oxygens (including phenoxy) is 12. The monoisotopic (exact) mass is 1000 g/mol. The Balaban J connectivity index is 3.62. The maximum Gasteiger partial charge on any atom is 0.222 e. The predicted octanol–water partition coefficient (Wildman–Crippen LogP) is -5.33. The van der Waals surface area contributed by atoms with Crippen molar-refractivity contribution >= 4 is 5.91 Å². The Morgan fingerprint density at radius 2 is 0.647 bits per heavy atom. The summed E-state index contributed by atoms with van der Waals surface area (Å²) in [5.74, 6) is 0.00855. The lowest BCUT2D eigenvalue weighted by atomic mass is 10.0. The molecule has 25 nitrogen and oxygen atoms in total. The first-order valence-electron chi connectivity index (χ1n) is 23.6. The van der Waals surface area contributed by atoms with E-state index in [9.17, 15) is 45.6 Å². The molecule has 0 radical (unpaired) electrons. The zero-order chi connectivity index (χ0) is 50.3.